The van der Waals surface area contributed by atoms with Crippen molar-refractivity contribution in [1.82, 2.24) is 5.43 Å². The molecule has 1 aliphatic carbocycles. The van der Waals surface area contributed by atoms with E-state index in [1.165, 1.54) is 19.1 Å². The van der Waals surface area contributed by atoms with E-state index in [2.05, 4.69) is 0 Å². The van der Waals surface area contributed by atoms with Crippen molar-refractivity contribution in [1.29, 1.82) is 0 Å². The first-order chi connectivity index (χ1) is 7.79. The fourth-order valence-electron chi connectivity index (χ4n) is 1.49. The summed E-state index contributed by atoms with van der Waals surface area (Å²) in [5.74, 6) is 6.17. The summed E-state index contributed by atoms with van der Waals surface area (Å²) in [5, 5.41) is 0. The molecule has 16 heavy (non-hydrogen) atoms. The average Bonchev–Trinajstić information content (AvgIpc) is 3.01. The zero-order valence-corrected chi connectivity index (χ0v) is 9.07. The molecule has 0 bridgehead atoms. The van der Waals surface area contributed by atoms with Crippen LogP contribution in [0.3, 0.4) is 0 Å². The quantitative estimate of drug-likeness (QED) is 0.329. The molecule has 5 nitrogen and oxygen atoms in total. The summed E-state index contributed by atoms with van der Waals surface area (Å²) in [6.07, 6.45) is 5.18. The first-order valence-corrected chi connectivity index (χ1v) is 5.45. The standard InChI is InChI=1S/C11H16N2O3/c12-13-11(14)9-5-10(16-6-9)7-15-4-3-8-1-2-8/h5-6,8H,1-4,7,12H2,(H,13,14). The molecular weight excluding hydrogens is 208 g/mol. The summed E-state index contributed by atoms with van der Waals surface area (Å²) in [7, 11) is 0. The lowest BCUT2D eigenvalue weighted by atomic mass is 10.3. The summed E-state index contributed by atoms with van der Waals surface area (Å²) in [5.41, 5.74) is 2.47. The van der Waals surface area contributed by atoms with Crippen molar-refractivity contribution in [3.63, 3.8) is 0 Å². The molecule has 0 unspecified atom stereocenters. The Morgan fingerprint density at radius 2 is 2.44 bits per heavy atom. The number of furan rings is 1. The molecule has 2 rings (SSSR count). The van der Waals surface area contributed by atoms with Crippen molar-refractivity contribution in [3.8, 4) is 0 Å². The van der Waals surface area contributed by atoms with E-state index in [9.17, 15) is 4.79 Å². The number of hydrogen-bond acceptors (Lipinski definition) is 4. The first-order valence-electron chi connectivity index (χ1n) is 5.45. The molecule has 1 amide bonds. The van der Waals surface area contributed by atoms with Crippen LogP contribution in [0.1, 0.15) is 35.4 Å². The van der Waals surface area contributed by atoms with Crippen LogP contribution in [0.25, 0.3) is 0 Å². The summed E-state index contributed by atoms with van der Waals surface area (Å²) in [6, 6.07) is 1.64. The van der Waals surface area contributed by atoms with Crippen LogP contribution >= 0.6 is 0 Å². The maximum atomic E-state index is 11.1. The van der Waals surface area contributed by atoms with Crippen molar-refractivity contribution < 1.29 is 13.9 Å². The van der Waals surface area contributed by atoms with E-state index in [0.29, 0.717) is 17.9 Å². The Morgan fingerprint density at radius 3 is 3.12 bits per heavy atom. The Labute approximate surface area is 93.9 Å². The summed E-state index contributed by atoms with van der Waals surface area (Å²) >= 11 is 0. The summed E-state index contributed by atoms with van der Waals surface area (Å²) in [4.78, 5) is 11.1. The molecule has 0 saturated heterocycles. The fourth-order valence-corrected chi connectivity index (χ4v) is 1.49. The molecule has 0 atom stereocenters. The normalized spacial score (nSPS) is 15.1. The van der Waals surface area contributed by atoms with Crippen molar-refractivity contribution in [2.75, 3.05) is 6.61 Å². The largest absolute Gasteiger partial charge is 0.466 e. The minimum absolute atomic E-state index is 0.354. The molecule has 1 saturated carbocycles. The molecule has 0 radical (unpaired) electrons. The van der Waals surface area contributed by atoms with Crippen LogP contribution in [0.4, 0.5) is 0 Å². The van der Waals surface area contributed by atoms with Gasteiger partial charge in [0.2, 0.25) is 0 Å². The lowest BCUT2D eigenvalue weighted by Gasteiger charge is -1.99. The average molecular weight is 224 g/mol. The minimum atomic E-state index is -0.354. The van der Waals surface area contributed by atoms with Gasteiger partial charge in [0.05, 0.1) is 5.56 Å². The van der Waals surface area contributed by atoms with Crippen molar-refractivity contribution in [2.45, 2.75) is 25.9 Å². The fraction of sp³-hybridized carbons (Fsp3) is 0.545. The van der Waals surface area contributed by atoms with Gasteiger partial charge in [-0.2, -0.15) is 0 Å². The minimum Gasteiger partial charge on any atom is -0.466 e. The smallest absolute Gasteiger partial charge is 0.268 e. The van der Waals surface area contributed by atoms with Gasteiger partial charge in [-0.05, 0) is 18.4 Å². The molecule has 0 aliphatic heterocycles. The number of hydrazine groups is 1. The maximum Gasteiger partial charge on any atom is 0.268 e. The van der Waals surface area contributed by atoms with Gasteiger partial charge in [-0.1, -0.05) is 12.8 Å². The van der Waals surface area contributed by atoms with Crippen LogP contribution in [0, 0.1) is 5.92 Å². The molecule has 1 aliphatic rings. The Bertz CT molecular complexity index is 358. The third kappa shape index (κ3) is 3.08. The molecular formula is C11H16N2O3. The predicted octanol–water partition coefficient (Wildman–Crippen LogP) is 1.20. The second kappa shape index (κ2) is 5.14. The number of rotatable bonds is 6. The van der Waals surface area contributed by atoms with Crippen LogP contribution in [-0.4, -0.2) is 12.5 Å². The number of ether oxygens (including phenoxy) is 1. The monoisotopic (exact) mass is 224 g/mol. The molecule has 5 heteroatoms. The zero-order valence-electron chi connectivity index (χ0n) is 9.07. The summed E-state index contributed by atoms with van der Waals surface area (Å²) < 4.78 is 10.6. The lowest BCUT2D eigenvalue weighted by molar-refractivity contribution is 0.0953. The Kier molecular flexibility index (Phi) is 3.58. The number of nitrogen functional groups attached to an aromatic ring is 1. The highest BCUT2D eigenvalue weighted by Gasteiger charge is 2.20. The number of carbonyl (C=O) groups excluding carboxylic acids is 1. The number of carbonyl (C=O) groups is 1. The lowest BCUT2D eigenvalue weighted by Crippen LogP contribution is -2.29. The number of nitrogens with one attached hydrogen (secondary N) is 1. The molecule has 88 valence electrons. The molecule has 1 aromatic heterocycles. The van der Waals surface area contributed by atoms with E-state index in [4.69, 9.17) is 15.0 Å². The topological polar surface area (TPSA) is 77.5 Å². The van der Waals surface area contributed by atoms with Crippen LogP contribution in [0.2, 0.25) is 0 Å². The van der Waals surface area contributed by atoms with Gasteiger partial charge in [-0.3, -0.25) is 10.2 Å². The second-order valence-electron chi connectivity index (χ2n) is 4.06. The van der Waals surface area contributed by atoms with Crippen LogP contribution in [0.5, 0.6) is 0 Å². The predicted molar refractivity (Wildman–Crippen MR) is 57.4 cm³/mol. The first kappa shape index (κ1) is 11.2. The molecule has 3 N–H and O–H groups in total. The van der Waals surface area contributed by atoms with Crippen LogP contribution in [0.15, 0.2) is 16.7 Å². The Balaban J connectivity index is 1.71. The van der Waals surface area contributed by atoms with E-state index in [1.807, 2.05) is 5.43 Å². The Hall–Kier alpha value is -1.33. The number of hydrogen-bond donors (Lipinski definition) is 2. The van der Waals surface area contributed by atoms with Crippen LogP contribution < -0.4 is 11.3 Å². The molecule has 0 spiro atoms. The van der Waals surface area contributed by atoms with E-state index in [1.54, 1.807) is 6.07 Å². The molecule has 1 aromatic rings. The van der Waals surface area contributed by atoms with E-state index in [-0.39, 0.29) is 5.91 Å². The third-order valence-corrected chi connectivity index (χ3v) is 2.66. The van der Waals surface area contributed by atoms with Gasteiger partial charge >= 0.3 is 0 Å². The van der Waals surface area contributed by atoms with Gasteiger partial charge in [0.15, 0.2) is 0 Å². The van der Waals surface area contributed by atoms with Gasteiger partial charge in [-0.25, -0.2) is 5.84 Å². The molecule has 1 heterocycles. The maximum absolute atomic E-state index is 11.1. The van der Waals surface area contributed by atoms with E-state index < -0.39 is 0 Å². The highest BCUT2D eigenvalue weighted by atomic mass is 16.5. The number of amides is 1. The van der Waals surface area contributed by atoms with Crippen LogP contribution in [-0.2, 0) is 11.3 Å². The zero-order chi connectivity index (χ0) is 11.4. The van der Waals surface area contributed by atoms with Gasteiger partial charge in [0, 0.05) is 6.61 Å². The van der Waals surface area contributed by atoms with Crippen molar-refractivity contribution in [3.05, 3.63) is 23.7 Å². The van der Waals surface area contributed by atoms with Gasteiger partial charge in [-0.15, -0.1) is 0 Å². The highest BCUT2D eigenvalue weighted by Crippen LogP contribution is 2.32. The van der Waals surface area contributed by atoms with Gasteiger partial charge in [0.25, 0.3) is 5.91 Å². The van der Waals surface area contributed by atoms with E-state index in [0.717, 1.165) is 18.9 Å². The van der Waals surface area contributed by atoms with Gasteiger partial charge in [0.1, 0.15) is 18.6 Å². The van der Waals surface area contributed by atoms with Crippen molar-refractivity contribution in [2.24, 2.45) is 11.8 Å². The third-order valence-electron chi connectivity index (χ3n) is 2.66. The van der Waals surface area contributed by atoms with Crippen molar-refractivity contribution >= 4 is 5.91 Å². The molecule has 1 fully saturated rings. The van der Waals surface area contributed by atoms with E-state index >= 15 is 0 Å². The van der Waals surface area contributed by atoms with Gasteiger partial charge < -0.3 is 9.15 Å². The Morgan fingerprint density at radius 1 is 1.62 bits per heavy atom. The molecule has 0 aromatic carbocycles. The highest BCUT2D eigenvalue weighted by molar-refractivity contribution is 5.93. The SMILES string of the molecule is NNC(=O)c1coc(COCCC2CC2)c1. The summed E-state index contributed by atoms with van der Waals surface area (Å²) in [6.45, 7) is 1.16. The second-order valence-corrected chi connectivity index (χ2v) is 4.06. The number of nitrogens with two attached hydrogens (primary N) is 1.